The molecule has 2 aromatic heterocycles. The van der Waals surface area contributed by atoms with Crippen LogP contribution in [0.2, 0.25) is 0 Å². The number of anilines is 1. The molecule has 4 heterocycles. The second-order valence-electron chi connectivity index (χ2n) is 6.18. The van der Waals surface area contributed by atoms with Gasteiger partial charge in [0.1, 0.15) is 5.82 Å². The summed E-state index contributed by atoms with van der Waals surface area (Å²) in [5, 5.41) is 3.65. The molecule has 2 aromatic rings. The van der Waals surface area contributed by atoms with Gasteiger partial charge in [0.2, 0.25) is 0 Å². The third-order valence-corrected chi connectivity index (χ3v) is 4.59. The quantitative estimate of drug-likeness (QED) is 0.799. The monoisotopic (exact) mass is 326 g/mol. The first kappa shape index (κ1) is 14.7. The first-order chi connectivity index (χ1) is 10.9. The smallest absolute Gasteiger partial charge is 0.354 e. The molecule has 0 saturated carbocycles. The van der Waals surface area contributed by atoms with Crippen LogP contribution in [0.4, 0.5) is 19.0 Å². The van der Waals surface area contributed by atoms with E-state index < -0.39 is 12.0 Å². The van der Waals surface area contributed by atoms with Crippen molar-refractivity contribution < 1.29 is 13.2 Å². The summed E-state index contributed by atoms with van der Waals surface area (Å²) in [4.78, 5) is 12.2. The van der Waals surface area contributed by atoms with E-state index in [2.05, 4.69) is 24.9 Å². The van der Waals surface area contributed by atoms with Crippen molar-refractivity contribution in [3.05, 3.63) is 17.6 Å². The molecule has 0 N–H and O–H groups in total. The lowest BCUT2D eigenvalue weighted by atomic mass is 10.1. The maximum atomic E-state index is 12.9. The molecule has 1 atom stereocenters. The fourth-order valence-corrected chi connectivity index (χ4v) is 3.51. The molecule has 0 unspecified atom stereocenters. The van der Waals surface area contributed by atoms with Gasteiger partial charge in [-0.2, -0.15) is 22.7 Å². The lowest BCUT2D eigenvalue weighted by molar-refractivity contribution is -0.144. The predicted molar refractivity (Wildman–Crippen MR) is 77.3 cm³/mol. The summed E-state index contributed by atoms with van der Waals surface area (Å²) in [6, 6.07) is 2.25. The van der Waals surface area contributed by atoms with Gasteiger partial charge in [-0.1, -0.05) is 0 Å². The number of halogens is 3. The van der Waals surface area contributed by atoms with Gasteiger partial charge in [0.05, 0.1) is 0 Å². The highest BCUT2D eigenvalue weighted by Crippen LogP contribution is 2.29. The van der Waals surface area contributed by atoms with E-state index in [9.17, 15) is 13.2 Å². The van der Waals surface area contributed by atoms with Gasteiger partial charge in [-0.15, -0.1) is 5.10 Å². The Morgan fingerprint density at radius 2 is 2.00 bits per heavy atom. The maximum Gasteiger partial charge on any atom is 0.453 e. The van der Waals surface area contributed by atoms with Gasteiger partial charge >= 0.3 is 6.18 Å². The fourth-order valence-electron chi connectivity index (χ4n) is 3.51. The number of alkyl halides is 3. The van der Waals surface area contributed by atoms with E-state index in [1.807, 2.05) is 0 Å². The van der Waals surface area contributed by atoms with Crippen molar-refractivity contribution in [3.63, 3.8) is 0 Å². The molecule has 0 amide bonds. The molecule has 23 heavy (non-hydrogen) atoms. The Morgan fingerprint density at radius 3 is 2.78 bits per heavy atom. The van der Waals surface area contributed by atoms with Crippen molar-refractivity contribution in [1.82, 2.24) is 24.5 Å². The van der Waals surface area contributed by atoms with E-state index in [1.165, 1.54) is 10.9 Å². The van der Waals surface area contributed by atoms with Gasteiger partial charge in [-0.05, 0) is 26.3 Å². The predicted octanol–water partition coefficient (Wildman–Crippen LogP) is 1.74. The average molecular weight is 326 g/mol. The molecule has 2 aliphatic heterocycles. The zero-order valence-electron chi connectivity index (χ0n) is 12.7. The Bertz CT molecular complexity index is 740. The molecular weight excluding hydrogens is 309 g/mol. The topological polar surface area (TPSA) is 49.6 Å². The molecule has 124 valence electrons. The molecule has 4 rings (SSSR count). The summed E-state index contributed by atoms with van der Waals surface area (Å²) in [6.07, 6.45) is -2.25. The second-order valence-corrected chi connectivity index (χ2v) is 6.18. The zero-order chi connectivity index (χ0) is 16.2. The number of hydrogen-bond acceptors (Lipinski definition) is 5. The number of rotatable bonds is 1. The molecule has 2 fully saturated rings. The van der Waals surface area contributed by atoms with Crippen LogP contribution in [0.5, 0.6) is 0 Å². The van der Waals surface area contributed by atoms with Crippen molar-refractivity contribution in [2.24, 2.45) is 0 Å². The minimum absolute atomic E-state index is 0.00109. The molecule has 9 heteroatoms. The summed E-state index contributed by atoms with van der Waals surface area (Å²) in [5.74, 6) is -0.500. The number of fused-ring (bicyclic) bond motifs is 2. The number of hydrogen-bond donors (Lipinski definition) is 0. The normalized spacial score (nSPS) is 22.8. The van der Waals surface area contributed by atoms with E-state index in [1.54, 1.807) is 13.0 Å². The van der Waals surface area contributed by atoms with Crippen molar-refractivity contribution in [3.8, 4) is 0 Å². The summed E-state index contributed by atoms with van der Waals surface area (Å²) >= 11 is 0. The van der Waals surface area contributed by atoms with Crippen LogP contribution in [0.15, 0.2) is 6.07 Å². The van der Waals surface area contributed by atoms with Crippen LogP contribution < -0.4 is 4.90 Å². The summed E-state index contributed by atoms with van der Waals surface area (Å²) < 4.78 is 39.9. The van der Waals surface area contributed by atoms with E-state index >= 15 is 0 Å². The minimum atomic E-state index is -4.57. The summed E-state index contributed by atoms with van der Waals surface area (Å²) in [5.41, 5.74) is 0.641. The lowest BCUT2D eigenvalue weighted by Gasteiger charge is -2.38. The first-order valence-corrected chi connectivity index (χ1v) is 7.72. The molecule has 2 aliphatic rings. The highest BCUT2D eigenvalue weighted by atomic mass is 19.4. The molecule has 2 saturated heterocycles. The Labute approximate surface area is 130 Å². The Balaban J connectivity index is 1.75. The van der Waals surface area contributed by atoms with Gasteiger partial charge in [0, 0.05) is 37.4 Å². The van der Waals surface area contributed by atoms with Crippen molar-refractivity contribution in [2.75, 3.05) is 31.1 Å². The SMILES string of the molecule is Cc1cc(N2CCN3CCC[C@H]3C2)n2nc(C(F)(F)F)nc2n1. The Kier molecular flexibility index (Phi) is 3.22. The average Bonchev–Trinajstić information content (AvgIpc) is 3.10. The molecule has 0 aromatic carbocycles. The van der Waals surface area contributed by atoms with Gasteiger partial charge in [-0.25, -0.2) is 4.98 Å². The third-order valence-electron chi connectivity index (χ3n) is 4.59. The van der Waals surface area contributed by atoms with Crippen LogP contribution in [-0.4, -0.2) is 56.7 Å². The number of aromatic nitrogens is 4. The van der Waals surface area contributed by atoms with Gasteiger partial charge in [-0.3, -0.25) is 4.90 Å². The molecule has 0 bridgehead atoms. The third kappa shape index (κ3) is 2.52. The van der Waals surface area contributed by atoms with Crippen LogP contribution in [0, 0.1) is 6.92 Å². The van der Waals surface area contributed by atoms with Crippen molar-refractivity contribution >= 4 is 11.6 Å². The lowest BCUT2D eigenvalue weighted by Crippen LogP contribution is -2.50. The summed E-state index contributed by atoms with van der Waals surface area (Å²) in [7, 11) is 0. The molecule has 0 aliphatic carbocycles. The van der Waals surface area contributed by atoms with Crippen LogP contribution in [0.25, 0.3) is 5.78 Å². The molecule has 0 spiro atoms. The van der Waals surface area contributed by atoms with Gasteiger partial charge < -0.3 is 4.90 Å². The van der Waals surface area contributed by atoms with E-state index in [4.69, 9.17) is 0 Å². The van der Waals surface area contributed by atoms with Crippen LogP contribution >= 0.6 is 0 Å². The van der Waals surface area contributed by atoms with Gasteiger partial charge in [0.25, 0.3) is 11.6 Å². The Morgan fingerprint density at radius 1 is 1.17 bits per heavy atom. The standard InChI is InChI=1S/C14H17F3N6/c1-9-7-11(22-6-5-21-4-2-3-10(21)8-22)23-13(18-9)19-12(20-23)14(15,16)17/h7,10H,2-6,8H2,1H3/t10-/m0/s1. The van der Waals surface area contributed by atoms with Crippen LogP contribution in [-0.2, 0) is 6.18 Å². The molecule has 6 nitrogen and oxygen atoms in total. The zero-order valence-corrected chi connectivity index (χ0v) is 12.7. The highest BCUT2D eigenvalue weighted by Gasteiger charge is 2.37. The highest BCUT2D eigenvalue weighted by molar-refractivity contribution is 5.48. The molecule has 0 radical (unpaired) electrons. The van der Waals surface area contributed by atoms with E-state index in [0.717, 1.165) is 32.6 Å². The Hall–Kier alpha value is -1.90. The first-order valence-electron chi connectivity index (χ1n) is 7.72. The van der Waals surface area contributed by atoms with Crippen molar-refractivity contribution in [1.29, 1.82) is 0 Å². The fraction of sp³-hybridized carbons (Fsp3) is 0.643. The summed E-state index contributed by atoms with van der Waals surface area (Å²) in [6.45, 7) is 5.38. The maximum absolute atomic E-state index is 12.9. The molecular formula is C14H17F3N6. The number of aryl methyl sites for hydroxylation is 1. The number of piperazine rings is 1. The van der Waals surface area contributed by atoms with Gasteiger partial charge in [0.15, 0.2) is 0 Å². The second kappa shape index (κ2) is 5.05. The largest absolute Gasteiger partial charge is 0.453 e. The van der Waals surface area contributed by atoms with Crippen LogP contribution in [0.1, 0.15) is 24.4 Å². The van der Waals surface area contributed by atoms with Crippen LogP contribution in [0.3, 0.4) is 0 Å². The minimum Gasteiger partial charge on any atom is -0.354 e. The number of nitrogens with zero attached hydrogens (tertiary/aromatic N) is 6. The van der Waals surface area contributed by atoms with E-state index in [0.29, 0.717) is 17.6 Å². The van der Waals surface area contributed by atoms with Crippen molar-refractivity contribution in [2.45, 2.75) is 32.0 Å². The van der Waals surface area contributed by atoms with E-state index in [-0.39, 0.29) is 5.78 Å².